The van der Waals surface area contributed by atoms with Gasteiger partial charge in [-0.2, -0.15) is 0 Å². The summed E-state index contributed by atoms with van der Waals surface area (Å²) in [5.74, 6) is -0.522. The molecule has 0 saturated carbocycles. The molecule has 2 amide bonds. The van der Waals surface area contributed by atoms with E-state index in [-0.39, 0.29) is 35.1 Å². The summed E-state index contributed by atoms with van der Waals surface area (Å²) in [5.41, 5.74) is 2.61. The van der Waals surface area contributed by atoms with Gasteiger partial charge in [0.1, 0.15) is 6.04 Å². The first-order chi connectivity index (χ1) is 20.4. The van der Waals surface area contributed by atoms with Crippen molar-refractivity contribution in [1.29, 1.82) is 0 Å². The van der Waals surface area contributed by atoms with Crippen LogP contribution in [0.5, 0.6) is 17.2 Å². The fourth-order valence-electron chi connectivity index (χ4n) is 6.31. The van der Waals surface area contributed by atoms with E-state index < -0.39 is 17.7 Å². The minimum atomic E-state index is -0.697. The maximum atomic E-state index is 14.0. The molecular formula is C34H38N2O6. The van der Waals surface area contributed by atoms with Crippen LogP contribution in [0.3, 0.4) is 0 Å². The predicted molar refractivity (Wildman–Crippen MR) is 159 cm³/mol. The van der Waals surface area contributed by atoms with Gasteiger partial charge in [-0.05, 0) is 61.8 Å². The second kappa shape index (κ2) is 13.1. The SMILES string of the molecule is COc1cc(C(=O)C(=O)N2C3CCC2C(=O)N(C(CCc2ccccc2)CCc2ccccc2)C3)cc(OC)c1OC. The van der Waals surface area contributed by atoms with E-state index in [1.165, 1.54) is 49.5 Å². The average molecular weight is 571 g/mol. The molecule has 2 aliphatic rings. The number of rotatable bonds is 12. The molecule has 2 saturated heterocycles. The maximum absolute atomic E-state index is 14.0. The molecule has 5 rings (SSSR count). The van der Waals surface area contributed by atoms with Crippen LogP contribution >= 0.6 is 0 Å². The summed E-state index contributed by atoms with van der Waals surface area (Å²) < 4.78 is 16.1. The smallest absolute Gasteiger partial charge is 0.295 e. The van der Waals surface area contributed by atoms with E-state index in [0.717, 1.165) is 25.7 Å². The third-order valence-electron chi connectivity index (χ3n) is 8.49. The zero-order chi connectivity index (χ0) is 29.6. The lowest BCUT2D eigenvalue weighted by Crippen LogP contribution is -2.62. The van der Waals surface area contributed by atoms with Gasteiger partial charge in [-0.3, -0.25) is 14.4 Å². The Labute approximate surface area is 247 Å². The average Bonchev–Trinajstić information content (AvgIpc) is 3.38. The zero-order valence-electron chi connectivity index (χ0n) is 24.5. The summed E-state index contributed by atoms with van der Waals surface area (Å²) >= 11 is 0. The molecule has 2 atom stereocenters. The number of amides is 2. The number of ether oxygens (including phenoxy) is 3. The first-order valence-electron chi connectivity index (χ1n) is 14.5. The quantitative estimate of drug-likeness (QED) is 0.231. The van der Waals surface area contributed by atoms with Crippen molar-refractivity contribution in [2.45, 2.75) is 56.7 Å². The Bertz CT molecular complexity index is 1340. The van der Waals surface area contributed by atoms with Gasteiger partial charge in [0.15, 0.2) is 11.5 Å². The Morgan fingerprint density at radius 1 is 0.810 bits per heavy atom. The Morgan fingerprint density at radius 3 is 1.86 bits per heavy atom. The molecule has 42 heavy (non-hydrogen) atoms. The van der Waals surface area contributed by atoms with Crippen molar-refractivity contribution in [1.82, 2.24) is 9.80 Å². The molecule has 2 aliphatic heterocycles. The number of methoxy groups -OCH3 is 3. The number of carbonyl (C=O) groups is 3. The number of piperazine rings is 1. The molecule has 8 nitrogen and oxygen atoms in total. The number of likely N-dealkylation sites (tertiary alicyclic amines) is 1. The van der Waals surface area contributed by atoms with Crippen LogP contribution in [0, 0.1) is 0 Å². The fourth-order valence-corrected chi connectivity index (χ4v) is 6.31. The van der Waals surface area contributed by atoms with Crippen molar-refractivity contribution in [3.05, 3.63) is 89.5 Å². The lowest BCUT2D eigenvalue weighted by atomic mass is 9.96. The van der Waals surface area contributed by atoms with Crippen molar-refractivity contribution in [2.24, 2.45) is 0 Å². The van der Waals surface area contributed by atoms with Gasteiger partial charge in [0.05, 0.1) is 27.4 Å². The summed E-state index contributed by atoms with van der Waals surface area (Å²) in [7, 11) is 4.39. The Balaban J connectivity index is 1.35. The van der Waals surface area contributed by atoms with Crippen LogP contribution in [0.1, 0.15) is 47.2 Å². The highest BCUT2D eigenvalue weighted by molar-refractivity contribution is 6.43. The molecule has 3 aromatic rings. The number of benzene rings is 3. The van der Waals surface area contributed by atoms with Gasteiger partial charge in [0.2, 0.25) is 11.7 Å². The number of carbonyl (C=O) groups excluding carboxylic acids is 3. The largest absolute Gasteiger partial charge is 0.493 e. The maximum Gasteiger partial charge on any atom is 0.295 e. The lowest BCUT2D eigenvalue weighted by molar-refractivity contribution is -0.151. The molecule has 3 aromatic carbocycles. The number of aryl methyl sites for hydroxylation is 2. The van der Waals surface area contributed by atoms with Crippen LogP contribution in [0.25, 0.3) is 0 Å². The van der Waals surface area contributed by atoms with Crippen molar-refractivity contribution >= 4 is 17.6 Å². The Hall–Kier alpha value is -4.33. The topological polar surface area (TPSA) is 85.4 Å². The molecule has 8 heteroatoms. The summed E-state index contributed by atoms with van der Waals surface area (Å²) in [6, 6.07) is 22.8. The third kappa shape index (κ3) is 5.98. The molecule has 220 valence electrons. The number of nitrogens with zero attached hydrogens (tertiary/aromatic N) is 2. The van der Waals surface area contributed by atoms with Crippen LogP contribution in [-0.2, 0) is 22.4 Å². The van der Waals surface area contributed by atoms with Crippen LogP contribution in [0.2, 0.25) is 0 Å². The molecule has 2 heterocycles. The monoisotopic (exact) mass is 570 g/mol. The number of Topliss-reactive ketones (excluding diaryl/α,β-unsaturated/α-hetero) is 1. The fraction of sp³-hybridized carbons (Fsp3) is 0.382. The predicted octanol–water partition coefficient (Wildman–Crippen LogP) is 4.73. The van der Waals surface area contributed by atoms with Gasteiger partial charge in [0, 0.05) is 18.2 Å². The molecule has 0 N–H and O–H groups in total. The summed E-state index contributed by atoms with van der Waals surface area (Å²) in [5, 5.41) is 0. The normalized spacial score (nSPS) is 17.9. The van der Waals surface area contributed by atoms with Crippen molar-refractivity contribution < 1.29 is 28.6 Å². The van der Waals surface area contributed by atoms with E-state index in [1.54, 1.807) is 0 Å². The van der Waals surface area contributed by atoms with Crippen molar-refractivity contribution in [3.63, 3.8) is 0 Å². The number of fused-ring (bicyclic) bond motifs is 2. The van der Waals surface area contributed by atoms with E-state index in [2.05, 4.69) is 24.3 Å². The minimum Gasteiger partial charge on any atom is -0.493 e. The third-order valence-corrected chi connectivity index (χ3v) is 8.49. The Morgan fingerprint density at radius 2 is 1.36 bits per heavy atom. The number of hydrogen-bond acceptors (Lipinski definition) is 6. The molecule has 0 aliphatic carbocycles. The van der Waals surface area contributed by atoms with Crippen molar-refractivity contribution in [2.75, 3.05) is 27.9 Å². The molecule has 0 spiro atoms. The second-order valence-corrected chi connectivity index (χ2v) is 10.9. The first kappa shape index (κ1) is 29.2. The highest BCUT2D eigenvalue weighted by atomic mass is 16.5. The van der Waals surface area contributed by atoms with E-state index in [9.17, 15) is 14.4 Å². The highest BCUT2D eigenvalue weighted by Crippen LogP contribution is 2.39. The summed E-state index contributed by atoms with van der Waals surface area (Å²) in [4.78, 5) is 44.6. The molecule has 0 aromatic heterocycles. The first-order valence-corrected chi connectivity index (χ1v) is 14.5. The highest BCUT2D eigenvalue weighted by Gasteiger charge is 2.50. The molecule has 2 fully saturated rings. The summed E-state index contributed by atoms with van der Waals surface area (Å²) in [6.07, 6.45) is 4.63. The lowest BCUT2D eigenvalue weighted by Gasteiger charge is -2.43. The van der Waals surface area contributed by atoms with Gasteiger partial charge in [0.25, 0.3) is 11.7 Å². The Kier molecular flexibility index (Phi) is 9.10. The van der Waals surface area contributed by atoms with Crippen LogP contribution in [-0.4, -0.2) is 73.4 Å². The molecule has 2 unspecified atom stereocenters. The van der Waals surface area contributed by atoms with E-state index >= 15 is 0 Å². The van der Waals surface area contributed by atoms with Crippen LogP contribution in [0.15, 0.2) is 72.8 Å². The number of ketones is 1. The van der Waals surface area contributed by atoms with Gasteiger partial charge >= 0.3 is 0 Å². The van der Waals surface area contributed by atoms with Crippen molar-refractivity contribution in [3.8, 4) is 17.2 Å². The molecule has 2 bridgehead atoms. The standard InChI is InChI=1S/C34H38N2O6/c1-40-29-20-25(21-30(41-2)32(29)42-3)31(37)34(39)36-27-18-19-28(36)33(38)35(22-27)26(16-14-23-10-6-4-7-11-23)17-15-24-12-8-5-9-13-24/h4-13,20-21,26-28H,14-19,22H2,1-3H3. The van der Waals surface area contributed by atoms with Gasteiger partial charge in [-0.25, -0.2) is 0 Å². The molecular weight excluding hydrogens is 532 g/mol. The van der Waals surface area contributed by atoms with Crippen LogP contribution < -0.4 is 14.2 Å². The minimum absolute atomic E-state index is 0.0316. The van der Waals surface area contributed by atoms with Gasteiger partial charge < -0.3 is 24.0 Å². The van der Waals surface area contributed by atoms with Gasteiger partial charge in [-0.1, -0.05) is 60.7 Å². The number of hydrogen-bond donors (Lipinski definition) is 0. The van der Waals surface area contributed by atoms with E-state index in [0.29, 0.717) is 25.1 Å². The molecule has 0 radical (unpaired) electrons. The summed E-state index contributed by atoms with van der Waals surface area (Å²) in [6.45, 7) is 0.428. The van der Waals surface area contributed by atoms with E-state index in [4.69, 9.17) is 14.2 Å². The van der Waals surface area contributed by atoms with Crippen LogP contribution in [0.4, 0.5) is 0 Å². The van der Waals surface area contributed by atoms with E-state index in [1.807, 2.05) is 41.3 Å². The second-order valence-electron chi connectivity index (χ2n) is 10.9. The van der Waals surface area contributed by atoms with Gasteiger partial charge in [-0.15, -0.1) is 0 Å². The zero-order valence-corrected chi connectivity index (χ0v) is 24.5.